The average molecular weight is 264 g/mol. The molecule has 0 aliphatic rings. The first-order valence-corrected chi connectivity index (χ1v) is 6.34. The Hall–Kier alpha value is -1.88. The topological polar surface area (TPSA) is 46.3 Å². The second-order valence-corrected chi connectivity index (χ2v) is 4.81. The lowest BCUT2D eigenvalue weighted by Crippen LogP contribution is -2.26. The number of benzene rings is 1. The molecule has 1 heterocycles. The lowest BCUT2D eigenvalue weighted by atomic mass is 10.1. The summed E-state index contributed by atoms with van der Waals surface area (Å²) in [5, 5.41) is 3.93. The van der Waals surface area contributed by atoms with Crippen molar-refractivity contribution >= 4 is 22.9 Å². The van der Waals surface area contributed by atoms with Crippen LogP contribution in [0.4, 0.5) is 10.1 Å². The molecule has 1 aromatic carbocycles. The zero-order valence-corrected chi connectivity index (χ0v) is 10.7. The first-order valence-electron chi connectivity index (χ1n) is 5.39. The van der Waals surface area contributed by atoms with E-state index in [-0.39, 0.29) is 11.6 Å². The first kappa shape index (κ1) is 12.6. The van der Waals surface area contributed by atoms with E-state index in [4.69, 9.17) is 5.73 Å². The molecule has 94 valence electrons. The molecule has 5 heteroatoms. The van der Waals surface area contributed by atoms with E-state index in [0.717, 1.165) is 5.56 Å². The van der Waals surface area contributed by atoms with Gasteiger partial charge in [-0.2, -0.15) is 11.3 Å². The van der Waals surface area contributed by atoms with Crippen LogP contribution in [0, 0.1) is 5.82 Å². The summed E-state index contributed by atoms with van der Waals surface area (Å²) in [7, 11) is 1.69. The van der Waals surface area contributed by atoms with E-state index < -0.39 is 5.82 Å². The number of anilines is 1. The summed E-state index contributed by atoms with van der Waals surface area (Å²) in [6, 6.07) is 6.06. The van der Waals surface area contributed by atoms with Gasteiger partial charge in [0, 0.05) is 19.2 Å². The number of nitrogens with zero attached hydrogens (tertiary/aromatic N) is 1. The highest BCUT2D eigenvalue weighted by Gasteiger charge is 2.13. The molecular weight excluding hydrogens is 251 g/mol. The van der Waals surface area contributed by atoms with Crippen molar-refractivity contribution in [2.75, 3.05) is 12.8 Å². The van der Waals surface area contributed by atoms with Crippen LogP contribution in [-0.2, 0) is 6.54 Å². The van der Waals surface area contributed by atoms with Gasteiger partial charge in [0.05, 0.1) is 5.69 Å². The fourth-order valence-corrected chi connectivity index (χ4v) is 2.27. The molecule has 2 aromatic rings. The van der Waals surface area contributed by atoms with Crippen molar-refractivity contribution in [3.8, 4) is 0 Å². The van der Waals surface area contributed by atoms with E-state index in [9.17, 15) is 9.18 Å². The quantitative estimate of drug-likeness (QED) is 0.866. The van der Waals surface area contributed by atoms with E-state index in [1.165, 1.54) is 18.2 Å². The number of rotatable bonds is 3. The third-order valence-corrected chi connectivity index (χ3v) is 3.33. The van der Waals surface area contributed by atoms with Gasteiger partial charge in [0.25, 0.3) is 5.91 Å². The summed E-state index contributed by atoms with van der Waals surface area (Å²) in [5.41, 5.74) is 6.79. The molecule has 3 nitrogen and oxygen atoms in total. The minimum absolute atomic E-state index is 0.0482. The predicted molar refractivity (Wildman–Crippen MR) is 70.9 cm³/mol. The molecule has 0 radical (unpaired) electrons. The summed E-state index contributed by atoms with van der Waals surface area (Å²) >= 11 is 1.58. The van der Waals surface area contributed by atoms with Crippen LogP contribution in [0.3, 0.4) is 0 Å². The summed E-state index contributed by atoms with van der Waals surface area (Å²) in [5.74, 6) is -0.787. The molecule has 2 N–H and O–H groups in total. The number of amides is 1. The van der Waals surface area contributed by atoms with E-state index in [1.54, 1.807) is 23.3 Å². The summed E-state index contributed by atoms with van der Waals surface area (Å²) < 4.78 is 13.3. The van der Waals surface area contributed by atoms with Crippen molar-refractivity contribution < 1.29 is 9.18 Å². The van der Waals surface area contributed by atoms with Crippen LogP contribution < -0.4 is 5.73 Å². The molecule has 0 saturated heterocycles. The van der Waals surface area contributed by atoms with Gasteiger partial charge in [0.1, 0.15) is 5.82 Å². The molecule has 0 fully saturated rings. The third-order valence-electron chi connectivity index (χ3n) is 2.59. The Labute approximate surface area is 109 Å². The number of halogens is 1. The van der Waals surface area contributed by atoms with Gasteiger partial charge in [-0.15, -0.1) is 0 Å². The lowest BCUT2D eigenvalue weighted by Gasteiger charge is -2.16. The zero-order chi connectivity index (χ0) is 13.1. The van der Waals surface area contributed by atoms with E-state index in [0.29, 0.717) is 12.1 Å². The van der Waals surface area contributed by atoms with Crippen molar-refractivity contribution in [2.45, 2.75) is 6.54 Å². The molecule has 0 aliphatic carbocycles. The van der Waals surface area contributed by atoms with Gasteiger partial charge in [-0.25, -0.2) is 4.39 Å². The molecule has 0 spiro atoms. The van der Waals surface area contributed by atoms with E-state index in [1.807, 2.05) is 16.8 Å². The highest BCUT2D eigenvalue weighted by Crippen LogP contribution is 2.15. The molecular formula is C13H13FN2OS. The van der Waals surface area contributed by atoms with Gasteiger partial charge in [0.15, 0.2) is 0 Å². The monoisotopic (exact) mass is 264 g/mol. The predicted octanol–water partition coefficient (Wildman–Crippen LogP) is 2.74. The highest BCUT2D eigenvalue weighted by atomic mass is 32.1. The number of nitrogens with two attached hydrogens (primary N) is 1. The fraction of sp³-hybridized carbons (Fsp3) is 0.154. The van der Waals surface area contributed by atoms with Crippen LogP contribution in [0.1, 0.15) is 15.9 Å². The molecule has 2 rings (SSSR count). The van der Waals surface area contributed by atoms with Crippen LogP contribution in [-0.4, -0.2) is 17.9 Å². The van der Waals surface area contributed by atoms with Crippen LogP contribution in [0.2, 0.25) is 0 Å². The van der Waals surface area contributed by atoms with Crippen molar-refractivity contribution in [1.29, 1.82) is 0 Å². The molecule has 1 aromatic heterocycles. The van der Waals surface area contributed by atoms with Gasteiger partial charge in [-0.05, 0) is 40.6 Å². The SMILES string of the molecule is CN(Cc1ccsc1)C(=O)c1ccc(N)c(F)c1. The van der Waals surface area contributed by atoms with Crippen LogP contribution in [0.25, 0.3) is 0 Å². The normalized spacial score (nSPS) is 10.3. The van der Waals surface area contributed by atoms with E-state index >= 15 is 0 Å². The zero-order valence-electron chi connectivity index (χ0n) is 9.89. The maximum atomic E-state index is 13.3. The van der Waals surface area contributed by atoms with Gasteiger partial charge in [0.2, 0.25) is 0 Å². The molecule has 0 bridgehead atoms. The minimum atomic E-state index is -0.565. The van der Waals surface area contributed by atoms with Crippen molar-refractivity contribution in [2.24, 2.45) is 0 Å². The Kier molecular flexibility index (Phi) is 3.62. The Balaban J connectivity index is 2.12. The molecule has 0 atom stereocenters. The Morgan fingerprint density at radius 1 is 1.44 bits per heavy atom. The number of carbonyl (C=O) groups excluding carboxylic acids is 1. The van der Waals surface area contributed by atoms with Gasteiger partial charge in [-0.1, -0.05) is 0 Å². The van der Waals surface area contributed by atoms with Gasteiger partial charge < -0.3 is 10.6 Å². The Morgan fingerprint density at radius 2 is 2.22 bits per heavy atom. The van der Waals surface area contributed by atoms with Crippen molar-refractivity contribution in [1.82, 2.24) is 4.90 Å². The largest absolute Gasteiger partial charge is 0.396 e. The van der Waals surface area contributed by atoms with Gasteiger partial charge >= 0.3 is 0 Å². The number of carbonyl (C=O) groups is 1. The summed E-state index contributed by atoms with van der Waals surface area (Å²) in [4.78, 5) is 13.6. The number of nitrogen functional groups attached to an aromatic ring is 1. The fourth-order valence-electron chi connectivity index (χ4n) is 1.61. The molecule has 0 unspecified atom stereocenters. The van der Waals surface area contributed by atoms with Crippen molar-refractivity contribution in [3.05, 3.63) is 52.0 Å². The number of hydrogen-bond acceptors (Lipinski definition) is 3. The average Bonchev–Trinajstić information content (AvgIpc) is 2.84. The molecule has 0 saturated carbocycles. The van der Waals surface area contributed by atoms with Gasteiger partial charge in [-0.3, -0.25) is 4.79 Å². The number of hydrogen-bond donors (Lipinski definition) is 1. The Morgan fingerprint density at radius 3 is 2.83 bits per heavy atom. The molecule has 1 amide bonds. The van der Waals surface area contributed by atoms with Crippen molar-refractivity contribution in [3.63, 3.8) is 0 Å². The van der Waals surface area contributed by atoms with E-state index in [2.05, 4.69) is 0 Å². The smallest absolute Gasteiger partial charge is 0.254 e. The van der Waals surface area contributed by atoms with Crippen LogP contribution >= 0.6 is 11.3 Å². The summed E-state index contributed by atoms with van der Waals surface area (Å²) in [6.07, 6.45) is 0. The first-order chi connectivity index (χ1) is 8.58. The third kappa shape index (κ3) is 2.68. The molecule has 0 aliphatic heterocycles. The summed E-state index contributed by atoms with van der Waals surface area (Å²) in [6.45, 7) is 0.508. The standard InChI is InChI=1S/C13H13FN2OS/c1-16(7-9-4-5-18-8-9)13(17)10-2-3-12(15)11(14)6-10/h2-6,8H,7,15H2,1H3. The molecule has 18 heavy (non-hydrogen) atoms. The maximum Gasteiger partial charge on any atom is 0.254 e. The van der Waals surface area contributed by atoms with Crippen LogP contribution in [0.15, 0.2) is 35.0 Å². The lowest BCUT2D eigenvalue weighted by molar-refractivity contribution is 0.0785. The van der Waals surface area contributed by atoms with Crippen LogP contribution in [0.5, 0.6) is 0 Å². The second-order valence-electron chi connectivity index (χ2n) is 4.03. The maximum absolute atomic E-state index is 13.3. The minimum Gasteiger partial charge on any atom is -0.396 e. The number of thiophene rings is 1. The Bertz CT molecular complexity index is 554. The second kappa shape index (κ2) is 5.18. The highest BCUT2D eigenvalue weighted by molar-refractivity contribution is 7.07.